The molecule has 0 spiro atoms. The maximum absolute atomic E-state index is 2.26. The summed E-state index contributed by atoms with van der Waals surface area (Å²) < 4.78 is 2.26. The Labute approximate surface area is 63.2 Å². The van der Waals surface area contributed by atoms with E-state index in [1.54, 1.807) is 0 Å². The standard InChI is InChI=1S/C8H17N2/c1-4-8-5-9(2)7-10(3)6-8/h7-8H,4-6H2,1-3H3/q+1. The van der Waals surface area contributed by atoms with Crippen LogP contribution in [0.4, 0.5) is 0 Å². The molecule has 10 heavy (non-hydrogen) atoms. The van der Waals surface area contributed by atoms with Crippen molar-refractivity contribution in [3.05, 3.63) is 0 Å². The van der Waals surface area contributed by atoms with Crippen molar-refractivity contribution in [2.75, 3.05) is 27.2 Å². The Kier molecular flexibility index (Phi) is 2.30. The van der Waals surface area contributed by atoms with E-state index in [2.05, 4.69) is 36.8 Å². The predicted molar refractivity (Wildman–Crippen MR) is 43.5 cm³/mol. The van der Waals surface area contributed by atoms with E-state index in [4.69, 9.17) is 0 Å². The van der Waals surface area contributed by atoms with Crippen molar-refractivity contribution in [2.24, 2.45) is 5.92 Å². The van der Waals surface area contributed by atoms with Crippen LogP contribution in [0.5, 0.6) is 0 Å². The van der Waals surface area contributed by atoms with Crippen LogP contribution < -0.4 is 0 Å². The Morgan fingerprint density at radius 2 is 2.40 bits per heavy atom. The van der Waals surface area contributed by atoms with Crippen molar-refractivity contribution in [3.8, 4) is 0 Å². The summed E-state index contributed by atoms with van der Waals surface area (Å²) in [4.78, 5) is 2.26. The summed E-state index contributed by atoms with van der Waals surface area (Å²) in [7, 11) is 4.27. The summed E-state index contributed by atoms with van der Waals surface area (Å²) in [5.74, 6) is 0.861. The summed E-state index contributed by atoms with van der Waals surface area (Å²) >= 11 is 0. The van der Waals surface area contributed by atoms with Gasteiger partial charge in [0.25, 0.3) is 0 Å². The molecule has 1 atom stereocenters. The molecular formula is C8H17N2+. The van der Waals surface area contributed by atoms with Crippen LogP contribution in [0, 0.1) is 5.92 Å². The van der Waals surface area contributed by atoms with Gasteiger partial charge in [0.2, 0.25) is 6.34 Å². The highest BCUT2D eigenvalue weighted by Crippen LogP contribution is 2.06. The molecular weight excluding hydrogens is 124 g/mol. The molecule has 0 saturated heterocycles. The molecule has 0 fully saturated rings. The lowest BCUT2D eigenvalue weighted by atomic mass is 10.1. The topological polar surface area (TPSA) is 6.25 Å². The van der Waals surface area contributed by atoms with E-state index in [0.29, 0.717) is 0 Å². The average molecular weight is 141 g/mol. The molecule has 0 radical (unpaired) electrons. The van der Waals surface area contributed by atoms with E-state index >= 15 is 0 Å². The first-order valence-corrected chi connectivity index (χ1v) is 3.98. The van der Waals surface area contributed by atoms with Gasteiger partial charge < -0.3 is 0 Å². The number of hydrogen-bond donors (Lipinski definition) is 0. The Balaban J connectivity index is 2.52. The van der Waals surface area contributed by atoms with Crippen molar-refractivity contribution in [3.63, 3.8) is 0 Å². The third-order valence-corrected chi connectivity index (χ3v) is 2.06. The summed E-state index contributed by atoms with van der Waals surface area (Å²) in [5.41, 5.74) is 0. The molecule has 58 valence electrons. The summed E-state index contributed by atoms with van der Waals surface area (Å²) in [5, 5.41) is 0. The lowest BCUT2D eigenvalue weighted by molar-refractivity contribution is -0.511. The molecule has 1 unspecified atom stereocenters. The van der Waals surface area contributed by atoms with Gasteiger partial charge in [-0.3, -0.25) is 9.48 Å². The number of hydrogen-bond acceptors (Lipinski definition) is 1. The molecule has 2 nitrogen and oxygen atoms in total. The van der Waals surface area contributed by atoms with Gasteiger partial charge in [0.15, 0.2) is 0 Å². The van der Waals surface area contributed by atoms with Crippen LogP contribution in [0.15, 0.2) is 0 Å². The minimum atomic E-state index is 0.861. The van der Waals surface area contributed by atoms with Crippen molar-refractivity contribution in [1.82, 2.24) is 4.90 Å². The van der Waals surface area contributed by atoms with Crippen molar-refractivity contribution < 1.29 is 4.58 Å². The second-order valence-corrected chi connectivity index (χ2v) is 3.27. The average Bonchev–Trinajstić information content (AvgIpc) is 1.85. The fourth-order valence-corrected chi connectivity index (χ4v) is 1.56. The molecule has 1 heterocycles. The molecule has 0 aromatic rings. The maximum Gasteiger partial charge on any atom is 0.233 e. The van der Waals surface area contributed by atoms with E-state index < -0.39 is 0 Å². The summed E-state index contributed by atoms with van der Waals surface area (Å²) in [6, 6.07) is 0. The predicted octanol–water partition coefficient (Wildman–Crippen LogP) is 0.629. The molecule has 0 aromatic carbocycles. The van der Waals surface area contributed by atoms with Crippen molar-refractivity contribution in [2.45, 2.75) is 13.3 Å². The molecule has 0 aliphatic carbocycles. The lowest BCUT2D eigenvalue weighted by Crippen LogP contribution is -2.38. The van der Waals surface area contributed by atoms with Crippen molar-refractivity contribution >= 4 is 6.34 Å². The van der Waals surface area contributed by atoms with Crippen LogP contribution in [0.3, 0.4) is 0 Å². The summed E-state index contributed by atoms with van der Waals surface area (Å²) in [6.45, 7) is 4.71. The van der Waals surface area contributed by atoms with Crippen LogP contribution >= 0.6 is 0 Å². The zero-order valence-electron chi connectivity index (χ0n) is 7.17. The van der Waals surface area contributed by atoms with Crippen LogP contribution in [-0.4, -0.2) is 43.0 Å². The first-order valence-electron chi connectivity index (χ1n) is 3.98. The largest absolute Gasteiger partial charge is 0.271 e. The molecule has 0 amide bonds. The third kappa shape index (κ3) is 1.72. The van der Waals surface area contributed by atoms with Gasteiger partial charge in [-0.25, -0.2) is 0 Å². The van der Waals surface area contributed by atoms with Gasteiger partial charge in [-0.1, -0.05) is 6.92 Å². The summed E-state index contributed by atoms with van der Waals surface area (Å²) in [6.07, 6.45) is 3.47. The molecule has 0 saturated carbocycles. The monoisotopic (exact) mass is 141 g/mol. The van der Waals surface area contributed by atoms with Gasteiger partial charge in [0.1, 0.15) is 0 Å². The van der Waals surface area contributed by atoms with Crippen LogP contribution in [-0.2, 0) is 0 Å². The number of rotatable bonds is 1. The van der Waals surface area contributed by atoms with Crippen LogP contribution in [0.1, 0.15) is 13.3 Å². The zero-order valence-corrected chi connectivity index (χ0v) is 7.17. The fraction of sp³-hybridized carbons (Fsp3) is 0.875. The second-order valence-electron chi connectivity index (χ2n) is 3.27. The van der Waals surface area contributed by atoms with Crippen LogP contribution in [0.2, 0.25) is 0 Å². The van der Waals surface area contributed by atoms with Gasteiger partial charge in [0.05, 0.1) is 27.2 Å². The van der Waals surface area contributed by atoms with Gasteiger partial charge in [-0.2, -0.15) is 0 Å². The lowest BCUT2D eigenvalue weighted by Gasteiger charge is -2.22. The Morgan fingerprint density at radius 3 is 2.90 bits per heavy atom. The van der Waals surface area contributed by atoms with E-state index in [1.807, 2.05) is 0 Å². The molecule has 0 bridgehead atoms. The quantitative estimate of drug-likeness (QED) is 0.485. The molecule has 1 rings (SSSR count). The second kappa shape index (κ2) is 3.04. The minimum absolute atomic E-state index is 0.861. The third-order valence-electron chi connectivity index (χ3n) is 2.06. The van der Waals surface area contributed by atoms with E-state index in [9.17, 15) is 0 Å². The Hall–Kier alpha value is -0.530. The van der Waals surface area contributed by atoms with E-state index in [1.165, 1.54) is 19.5 Å². The smallest absolute Gasteiger partial charge is 0.233 e. The van der Waals surface area contributed by atoms with Crippen molar-refractivity contribution in [1.29, 1.82) is 0 Å². The first kappa shape index (κ1) is 7.58. The zero-order chi connectivity index (χ0) is 7.56. The molecule has 1 aliphatic rings. The highest BCUT2D eigenvalue weighted by Gasteiger charge is 2.18. The number of nitrogens with zero attached hydrogens (tertiary/aromatic N) is 2. The van der Waals surface area contributed by atoms with Gasteiger partial charge in [-0.15, -0.1) is 0 Å². The molecule has 2 heteroatoms. The maximum atomic E-state index is 2.26. The molecule has 1 aliphatic heterocycles. The van der Waals surface area contributed by atoms with E-state index in [-0.39, 0.29) is 0 Å². The van der Waals surface area contributed by atoms with Gasteiger partial charge >= 0.3 is 0 Å². The SMILES string of the molecule is CCC1CN(C)C=[N+](C)C1. The Morgan fingerprint density at radius 1 is 1.70 bits per heavy atom. The highest BCUT2D eigenvalue weighted by atomic mass is 15.2. The minimum Gasteiger partial charge on any atom is -0.271 e. The van der Waals surface area contributed by atoms with Gasteiger partial charge in [0, 0.05) is 5.92 Å². The van der Waals surface area contributed by atoms with Crippen LogP contribution in [0.25, 0.3) is 0 Å². The van der Waals surface area contributed by atoms with E-state index in [0.717, 1.165) is 5.92 Å². The molecule has 0 N–H and O–H groups in total. The molecule has 0 aromatic heterocycles. The first-order chi connectivity index (χ1) is 4.72. The fourth-order valence-electron chi connectivity index (χ4n) is 1.56. The Bertz CT molecular complexity index is 140. The highest BCUT2D eigenvalue weighted by molar-refractivity contribution is 5.48. The normalized spacial score (nSPS) is 26.5. The van der Waals surface area contributed by atoms with Gasteiger partial charge in [-0.05, 0) is 6.42 Å².